The molecule has 1 aromatic rings. The third kappa shape index (κ3) is 4.50. The summed E-state index contributed by atoms with van der Waals surface area (Å²) in [5.74, 6) is -0.121. The minimum absolute atomic E-state index is 0.101. The lowest BCUT2D eigenvalue weighted by Crippen LogP contribution is -2.29. The van der Waals surface area contributed by atoms with Gasteiger partial charge in [-0.15, -0.1) is 5.43 Å². The van der Waals surface area contributed by atoms with Crippen LogP contribution in [0.25, 0.3) is 0 Å². The second-order valence-electron chi connectivity index (χ2n) is 3.88. The summed E-state index contributed by atoms with van der Waals surface area (Å²) in [6.45, 7) is 3.80. The van der Waals surface area contributed by atoms with Gasteiger partial charge in [0.2, 0.25) is 0 Å². The molecular formula is C11H16N4O2. The molecule has 6 nitrogen and oxygen atoms in total. The summed E-state index contributed by atoms with van der Waals surface area (Å²) in [5, 5.41) is 16.8. The molecule has 0 fully saturated rings. The summed E-state index contributed by atoms with van der Waals surface area (Å²) in [5.41, 5.74) is 3.77. The number of nitrogens with one attached hydrogen (secondary N) is 2. The SMILES string of the molecule is CC(C)NC(=O)c1ccc(N/N=[N+](/C)[O-])cc1. The molecule has 0 radical (unpaired) electrons. The van der Waals surface area contributed by atoms with Gasteiger partial charge in [0.15, 0.2) is 0 Å². The standard InChI is InChI=1S/C11H16N4O2/c1-8(2)12-11(16)9-4-6-10(7-5-9)13-14-15(3)17/h4-8,13H,1-3H3,(H,12,16)/b15-14-. The Bertz CT molecular complexity index is 408. The van der Waals surface area contributed by atoms with E-state index in [0.29, 0.717) is 16.1 Å². The Kier molecular flexibility index (Phi) is 4.45. The van der Waals surface area contributed by atoms with E-state index in [1.165, 1.54) is 7.05 Å². The summed E-state index contributed by atoms with van der Waals surface area (Å²) in [6.07, 6.45) is 0. The van der Waals surface area contributed by atoms with Crippen molar-refractivity contribution in [1.29, 1.82) is 0 Å². The number of anilines is 1. The molecule has 0 aromatic heterocycles. The van der Waals surface area contributed by atoms with Crippen molar-refractivity contribution in [2.75, 3.05) is 12.5 Å². The molecule has 0 unspecified atom stereocenters. The molecule has 0 atom stereocenters. The maximum absolute atomic E-state index is 11.6. The van der Waals surface area contributed by atoms with E-state index < -0.39 is 0 Å². The number of carbonyl (C=O) groups is 1. The quantitative estimate of drug-likeness (QED) is 0.475. The average molecular weight is 236 g/mol. The lowest BCUT2D eigenvalue weighted by Gasteiger charge is -2.07. The first-order valence-corrected chi connectivity index (χ1v) is 5.27. The Morgan fingerprint density at radius 1 is 1.35 bits per heavy atom. The maximum Gasteiger partial charge on any atom is 0.251 e. The van der Waals surface area contributed by atoms with Crippen LogP contribution in [0.1, 0.15) is 24.2 Å². The van der Waals surface area contributed by atoms with Crippen LogP contribution in [-0.2, 0) is 0 Å². The van der Waals surface area contributed by atoms with Crippen molar-refractivity contribution in [1.82, 2.24) is 5.32 Å². The molecule has 0 aliphatic carbocycles. The van der Waals surface area contributed by atoms with Crippen molar-refractivity contribution >= 4 is 11.6 Å². The van der Waals surface area contributed by atoms with E-state index in [4.69, 9.17) is 0 Å². The molecule has 6 heteroatoms. The Labute approximate surface area is 99.9 Å². The Morgan fingerprint density at radius 2 is 1.94 bits per heavy atom. The van der Waals surface area contributed by atoms with Crippen LogP contribution in [0, 0.1) is 5.21 Å². The molecule has 92 valence electrons. The number of amides is 1. The van der Waals surface area contributed by atoms with E-state index >= 15 is 0 Å². The molecule has 0 saturated carbocycles. The van der Waals surface area contributed by atoms with Crippen molar-refractivity contribution in [3.8, 4) is 0 Å². The summed E-state index contributed by atoms with van der Waals surface area (Å²) in [7, 11) is 1.28. The van der Waals surface area contributed by atoms with Crippen LogP contribution in [0.5, 0.6) is 0 Å². The number of hydrogen-bond acceptors (Lipinski definition) is 3. The summed E-state index contributed by atoms with van der Waals surface area (Å²) >= 11 is 0. The first kappa shape index (κ1) is 13.0. The molecule has 0 saturated heterocycles. The van der Waals surface area contributed by atoms with Gasteiger partial charge in [0.1, 0.15) is 12.7 Å². The van der Waals surface area contributed by atoms with E-state index in [1.54, 1.807) is 24.3 Å². The van der Waals surface area contributed by atoms with E-state index in [0.717, 1.165) is 0 Å². The third-order valence-corrected chi connectivity index (χ3v) is 1.89. The first-order chi connectivity index (χ1) is 7.99. The minimum atomic E-state index is -0.121. The van der Waals surface area contributed by atoms with E-state index in [-0.39, 0.29) is 11.9 Å². The van der Waals surface area contributed by atoms with Crippen LogP contribution in [0.3, 0.4) is 0 Å². The predicted molar refractivity (Wildman–Crippen MR) is 64.6 cm³/mol. The highest BCUT2D eigenvalue weighted by Crippen LogP contribution is 2.09. The Balaban J connectivity index is 2.67. The number of hydroxylamine groups is 1. The highest BCUT2D eigenvalue weighted by Gasteiger charge is 2.06. The maximum atomic E-state index is 11.6. The largest absolute Gasteiger partial charge is 0.696 e. The zero-order valence-corrected chi connectivity index (χ0v) is 10.1. The lowest BCUT2D eigenvalue weighted by molar-refractivity contribution is -0.497. The normalized spacial score (nSPS) is 11.4. The fourth-order valence-corrected chi connectivity index (χ4v) is 1.17. The molecule has 17 heavy (non-hydrogen) atoms. The second kappa shape index (κ2) is 5.83. The van der Waals surface area contributed by atoms with Gasteiger partial charge in [0.05, 0.1) is 5.22 Å². The second-order valence-corrected chi connectivity index (χ2v) is 3.88. The highest BCUT2D eigenvalue weighted by atomic mass is 16.5. The van der Waals surface area contributed by atoms with Gasteiger partial charge in [-0.05, 0) is 38.1 Å². The van der Waals surface area contributed by atoms with Crippen LogP contribution in [0.15, 0.2) is 29.5 Å². The van der Waals surface area contributed by atoms with Gasteiger partial charge in [-0.2, -0.15) is 4.86 Å². The van der Waals surface area contributed by atoms with Gasteiger partial charge >= 0.3 is 0 Å². The monoisotopic (exact) mass is 236 g/mol. The summed E-state index contributed by atoms with van der Waals surface area (Å²) in [6, 6.07) is 6.80. The van der Waals surface area contributed by atoms with Gasteiger partial charge in [0.25, 0.3) is 5.91 Å². The molecule has 0 heterocycles. The van der Waals surface area contributed by atoms with Crippen molar-refractivity contribution in [3.63, 3.8) is 0 Å². The molecular weight excluding hydrogens is 220 g/mol. The number of nitrogens with zero attached hydrogens (tertiary/aromatic N) is 2. The molecule has 2 N–H and O–H groups in total. The Morgan fingerprint density at radius 3 is 2.41 bits per heavy atom. The Hall–Kier alpha value is -2.11. The van der Waals surface area contributed by atoms with Crippen LogP contribution in [-0.4, -0.2) is 23.9 Å². The molecule has 1 rings (SSSR count). The smallest absolute Gasteiger partial charge is 0.251 e. The topological polar surface area (TPSA) is 79.6 Å². The van der Waals surface area contributed by atoms with Gasteiger partial charge in [-0.1, -0.05) is 0 Å². The van der Waals surface area contributed by atoms with E-state index in [1.807, 2.05) is 13.8 Å². The average Bonchev–Trinajstić information content (AvgIpc) is 2.26. The minimum Gasteiger partial charge on any atom is -0.696 e. The summed E-state index contributed by atoms with van der Waals surface area (Å²) < 4.78 is 0. The van der Waals surface area contributed by atoms with Crippen molar-refractivity contribution in [2.24, 2.45) is 5.22 Å². The highest BCUT2D eigenvalue weighted by molar-refractivity contribution is 5.94. The van der Waals surface area contributed by atoms with Gasteiger partial charge in [-0.3, -0.25) is 4.79 Å². The fraction of sp³-hybridized carbons (Fsp3) is 0.364. The molecule has 0 aliphatic rings. The summed E-state index contributed by atoms with van der Waals surface area (Å²) in [4.78, 5) is 12.0. The van der Waals surface area contributed by atoms with Crippen LogP contribution < -0.4 is 10.7 Å². The number of carbonyl (C=O) groups excluding carboxylic acids is 1. The van der Waals surface area contributed by atoms with Gasteiger partial charge in [0, 0.05) is 11.6 Å². The molecule has 1 aromatic carbocycles. The van der Waals surface area contributed by atoms with Crippen LogP contribution >= 0.6 is 0 Å². The number of rotatable bonds is 4. The lowest BCUT2D eigenvalue weighted by atomic mass is 10.2. The van der Waals surface area contributed by atoms with Crippen molar-refractivity contribution < 1.29 is 9.66 Å². The zero-order chi connectivity index (χ0) is 12.8. The van der Waals surface area contributed by atoms with Gasteiger partial charge < -0.3 is 10.5 Å². The number of benzene rings is 1. The zero-order valence-electron chi connectivity index (χ0n) is 10.1. The molecule has 0 bridgehead atoms. The predicted octanol–water partition coefficient (Wildman–Crippen LogP) is 1.74. The first-order valence-electron chi connectivity index (χ1n) is 5.27. The van der Waals surface area contributed by atoms with E-state index in [2.05, 4.69) is 16.0 Å². The van der Waals surface area contributed by atoms with Crippen LogP contribution in [0.2, 0.25) is 0 Å². The van der Waals surface area contributed by atoms with Crippen molar-refractivity contribution in [3.05, 3.63) is 35.0 Å². The van der Waals surface area contributed by atoms with Crippen LogP contribution in [0.4, 0.5) is 5.69 Å². The fourth-order valence-electron chi connectivity index (χ4n) is 1.17. The molecule has 0 aliphatic heterocycles. The molecule has 0 spiro atoms. The van der Waals surface area contributed by atoms with Gasteiger partial charge in [-0.25, -0.2) is 0 Å². The number of hydrogen-bond donors (Lipinski definition) is 2. The third-order valence-electron chi connectivity index (χ3n) is 1.89. The van der Waals surface area contributed by atoms with Crippen molar-refractivity contribution in [2.45, 2.75) is 19.9 Å². The molecule has 1 amide bonds. The van der Waals surface area contributed by atoms with E-state index in [9.17, 15) is 10.0 Å².